The number of piperidine rings is 1. The molecule has 0 aliphatic carbocycles. The average Bonchev–Trinajstić information content (AvgIpc) is 2.75. The van der Waals surface area contributed by atoms with Crippen molar-refractivity contribution in [1.82, 2.24) is 9.97 Å². The molecule has 0 unspecified atom stereocenters. The highest BCUT2D eigenvalue weighted by Crippen LogP contribution is 2.43. The number of aryl methyl sites for hydroxylation is 1. The summed E-state index contributed by atoms with van der Waals surface area (Å²) in [5.74, 6) is -1.72. The van der Waals surface area contributed by atoms with Gasteiger partial charge in [-0.2, -0.15) is 0 Å². The summed E-state index contributed by atoms with van der Waals surface area (Å²) in [5.41, 5.74) is 2.25. The van der Waals surface area contributed by atoms with E-state index in [4.69, 9.17) is 9.47 Å². The highest BCUT2D eigenvalue weighted by molar-refractivity contribution is 5.86. The number of carboxylic acid groups (broad SMARTS) is 1. The molecule has 2 aromatic rings. The molecule has 7 nitrogen and oxygen atoms in total. The standard InChI is InChI=1S/C29H42FN3O4/c1-18-22(24(26(34)35)37-28(5,6)7)23(33-12-10-29(8,9)11-13-33)20(16-31-18)19-14-21(30)25(32-15-19)36-17-27(2,3)4/h14-16,24H,10-13,17H2,1-9H3,(H,34,35)/t24-/m0/s1. The summed E-state index contributed by atoms with van der Waals surface area (Å²) < 4.78 is 26.8. The molecule has 0 spiro atoms. The van der Waals surface area contributed by atoms with Gasteiger partial charge in [0.15, 0.2) is 11.9 Å². The summed E-state index contributed by atoms with van der Waals surface area (Å²) in [6.07, 6.45) is 3.89. The van der Waals surface area contributed by atoms with Crippen LogP contribution in [-0.4, -0.2) is 46.3 Å². The van der Waals surface area contributed by atoms with Crippen molar-refractivity contribution < 1.29 is 23.8 Å². The molecule has 0 bridgehead atoms. The predicted molar refractivity (Wildman–Crippen MR) is 144 cm³/mol. The van der Waals surface area contributed by atoms with Crippen molar-refractivity contribution in [3.63, 3.8) is 0 Å². The van der Waals surface area contributed by atoms with E-state index in [-0.39, 0.29) is 16.7 Å². The van der Waals surface area contributed by atoms with Crippen molar-refractivity contribution in [2.24, 2.45) is 10.8 Å². The molecule has 1 N–H and O–H groups in total. The van der Waals surface area contributed by atoms with E-state index in [1.54, 1.807) is 19.3 Å². The molecule has 1 aliphatic heterocycles. The van der Waals surface area contributed by atoms with Crippen LogP contribution in [0.25, 0.3) is 11.1 Å². The molecule has 0 amide bonds. The zero-order chi connectivity index (χ0) is 27.8. The maximum atomic E-state index is 15.1. The molecule has 3 heterocycles. The number of aromatic nitrogens is 2. The Morgan fingerprint density at radius 3 is 2.27 bits per heavy atom. The molecule has 3 rings (SSSR count). The molecule has 1 saturated heterocycles. The predicted octanol–water partition coefficient (Wildman–Crippen LogP) is 6.58. The molecular weight excluding hydrogens is 473 g/mol. The van der Waals surface area contributed by atoms with E-state index in [1.165, 1.54) is 6.07 Å². The zero-order valence-electron chi connectivity index (χ0n) is 23.7. The maximum absolute atomic E-state index is 15.1. The number of carbonyl (C=O) groups is 1. The average molecular weight is 516 g/mol. The van der Waals surface area contributed by atoms with E-state index in [0.717, 1.165) is 25.9 Å². The summed E-state index contributed by atoms with van der Waals surface area (Å²) in [4.78, 5) is 23.5. The Balaban J connectivity index is 2.17. The third kappa shape index (κ3) is 7.40. The van der Waals surface area contributed by atoms with Gasteiger partial charge in [-0.15, -0.1) is 0 Å². The van der Waals surface area contributed by atoms with E-state index in [2.05, 4.69) is 28.7 Å². The lowest BCUT2D eigenvalue weighted by molar-refractivity contribution is -0.160. The summed E-state index contributed by atoms with van der Waals surface area (Å²) in [6, 6.07) is 1.39. The van der Waals surface area contributed by atoms with Crippen LogP contribution >= 0.6 is 0 Å². The Labute approximate surface area is 220 Å². The first kappa shape index (κ1) is 28.8. The Hall–Kier alpha value is -2.74. The van der Waals surface area contributed by atoms with Gasteiger partial charge in [0.05, 0.1) is 17.9 Å². The van der Waals surface area contributed by atoms with Crippen LogP contribution in [0.1, 0.15) is 85.6 Å². The van der Waals surface area contributed by atoms with Crippen molar-refractivity contribution in [2.75, 3.05) is 24.6 Å². The molecule has 37 heavy (non-hydrogen) atoms. The maximum Gasteiger partial charge on any atom is 0.337 e. The monoisotopic (exact) mass is 515 g/mol. The minimum Gasteiger partial charge on any atom is -0.479 e. The van der Waals surface area contributed by atoms with Crippen LogP contribution in [0.5, 0.6) is 5.88 Å². The molecular formula is C29H42FN3O4. The van der Waals surface area contributed by atoms with Gasteiger partial charge < -0.3 is 19.5 Å². The number of carboxylic acids is 1. The summed E-state index contributed by atoms with van der Waals surface area (Å²) >= 11 is 0. The fourth-order valence-corrected chi connectivity index (χ4v) is 4.36. The van der Waals surface area contributed by atoms with Crippen molar-refractivity contribution >= 4 is 11.7 Å². The van der Waals surface area contributed by atoms with Gasteiger partial charge in [-0.3, -0.25) is 4.98 Å². The van der Waals surface area contributed by atoms with Gasteiger partial charge in [0.2, 0.25) is 5.88 Å². The minimum absolute atomic E-state index is 0.0558. The first-order valence-corrected chi connectivity index (χ1v) is 12.9. The fourth-order valence-electron chi connectivity index (χ4n) is 4.36. The Morgan fingerprint density at radius 2 is 1.76 bits per heavy atom. The number of pyridine rings is 2. The Kier molecular flexibility index (Phi) is 8.22. The van der Waals surface area contributed by atoms with E-state index in [9.17, 15) is 9.90 Å². The molecule has 0 saturated carbocycles. The fraction of sp³-hybridized carbons (Fsp3) is 0.621. The van der Waals surface area contributed by atoms with E-state index in [1.807, 2.05) is 41.5 Å². The summed E-state index contributed by atoms with van der Waals surface area (Å²) in [6.45, 7) is 19.6. The SMILES string of the molecule is Cc1ncc(-c2cnc(OCC(C)(C)C)c(F)c2)c(N2CCC(C)(C)CC2)c1[C@H](OC(C)(C)C)C(=O)O. The second kappa shape index (κ2) is 10.6. The highest BCUT2D eigenvalue weighted by Gasteiger charge is 2.36. The number of halogens is 1. The first-order chi connectivity index (χ1) is 17.0. The van der Waals surface area contributed by atoms with Crippen molar-refractivity contribution in [3.8, 4) is 17.0 Å². The second-order valence-electron chi connectivity index (χ2n) is 13.0. The topological polar surface area (TPSA) is 84.8 Å². The number of hydrogen-bond acceptors (Lipinski definition) is 6. The number of rotatable bonds is 7. The third-order valence-corrected chi connectivity index (χ3v) is 6.44. The molecule has 8 heteroatoms. The second-order valence-corrected chi connectivity index (χ2v) is 13.0. The van der Waals surface area contributed by atoms with E-state index >= 15 is 4.39 Å². The van der Waals surface area contributed by atoms with Gasteiger partial charge in [-0.25, -0.2) is 14.2 Å². The molecule has 1 aliphatic rings. The van der Waals surface area contributed by atoms with Crippen LogP contribution in [-0.2, 0) is 9.53 Å². The summed E-state index contributed by atoms with van der Waals surface area (Å²) in [7, 11) is 0. The molecule has 0 aromatic carbocycles. The normalized spacial score (nSPS) is 17.0. The van der Waals surface area contributed by atoms with Crippen LogP contribution < -0.4 is 9.64 Å². The zero-order valence-corrected chi connectivity index (χ0v) is 23.7. The van der Waals surface area contributed by atoms with Crippen LogP contribution in [0, 0.1) is 23.6 Å². The van der Waals surface area contributed by atoms with Gasteiger partial charge in [-0.1, -0.05) is 34.6 Å². The molecule has 1 atom stereocenters. The van der Waals surface area contributed by atoms with Gasteiger partial charge in [0.25, 0.3) is 0 Å². The van der Waals surface area contributed by atoms with Crippen molar-refractivity contribution in [1.29, 1.82) is 0 Å². The van der Waals surface area contributed by atoms with Crippen molar-refractivity contribution in [3.05, 3.63) is 35.5 Å². The van der Waals surface area contributed by atoms with Crippen LogP contribution in [0.3, 0.4) is 0 Å². The lowest BCUT2D eigenvalue weighted by atomic mass is 9.82. The minimum atomic E-state index is -1.23. The number of hydrogen-bond donors (Lipinski definition) is 1. The lowest BCUT2D eigenvalue weighted by Gasteiger charge is -2.40. The third-order valence-electron chi connectivity index (χ3n) is 6.44. The molecule has 204 valence electrons. The molecule has 2 aromatic heterocycles. The number of nitrogens with zero attached hydrogens (tertiary/aromatic N) is 3. The van der Waals surface area contributed by atoms with Gasteiger partial charge in [0.1, 0.15) is 0 Å². The lowest BCUT2D eigenvalue weighted by Crippen LogP contribution is -2.39. The quantitative estimate of drug-likeness (QED) is 0.446. The highest BCUT2D eigenvalue weighted by atomic mass is 19.1. The Morgan fingerprint density at radius 1 is 1.14 bits per heavy atom. The number of anilines is 1. The van der Waals surface area contributed by atoms with Gasteiger partial charge >= 0.3 is 5.97 Å². The van der Waals surface area contributed by atoms with Crippen LogP contribution in [0.15, 0.2) is 18.5 Å². The van der Waals surface area contributed by atoms with Crippen molar-refractivity contribution in [2.45, 2.75) is 86.9 Å². The van der Waals surface area contributed by atoms with Gasteiger partial charge in [-0.05, 0) is 57.4 Å². The smallest absolute Gasteiger partial charge is 0.337 e. The van der Waals surface area contributed by atoms with E-state index < -0.39 is 23.5 Å². The number of ether oxygens (including phenoxy) is 2. The van der Waals surface area contributed by atoms with Crippen LogP contribution in [0.2, 0.25) is 0 Å². The first-order valence-electron chi connectivity index (χ1n) is 12.9. The Bertz CT molecular complexity index is 1130. The molecule has 1 fully saturated rings. The van der Waals surface area contributed by atoms with Gasteiger partial charge in [0, 0.05) is 47.9 Å². The van der Waals surface area contributed by atoms with Crippen LogP contribution in [0.4, 0.5) is 10.1 Å². The molecule has 0 radical (unpaired) electrons. The van der Waals surface area contributed by atoms with E-state index in [0.29, 0.717) is 34.7 Å². The summed E-state index contributed by atoms with van der Waals surface area (Å²) in [5, 5.41) is 10.2. The largest absolute Gasteiger partial charge is 0.479 e. The number of aliphatic carboxylic acids is 1.